The third-order valence-corrected chi connectivity index (χ3v) is 9.14. The summed E-state index contributed by atoms with van der Waals surface area (Å²) in [5.74, 6) is -0.688. The number of amides is 1. The highest BCUT2D eigenvalue weighted by Crippen LogP contribution is 2.40. The van der Waals surface area contributed by atoms with E-state index < -0.39 is 12.0 Å². The molecule has 3 aromatic carbocycles. The number of ether oxygens (including phenoxy) is 3. The zero-order valence-electron chi connectivity index (χ0n) is 27.8. The van der Waals surface area contributed by atoms with E-state index in [0.717, 1.165) is 0 Å². The fraction of sp³-hybridized carbons (Fsp3) is 0.412. The van der Waals surface area contributed by atoms with Gasteiger partial charge in [0.15, 0.2) is 5.75 Å². The Morgan fingerprint density at radius 3 is 2.12 bits per heavy atom. The normalized spacial score (nSPS) is 18.2. The molecule has 16 heteroatoms. The van der Waals surface area contributed by atoms with Crippen molar-refractivity contribution in [1.29, 1.82) is 0 Å². The number of methoxy groups -OCH3 is 3. The fourth-order valence-corrected chi connectivity index (χ4v) is 7.12. The van der Waals surface area contributed by atoms with Gasteiger partial charge in [-0.15, -0.1) is 29.9 Å². The Hall–Kier alpha value is -3.95. The molecule has 0 bridgehead atoms. The van der Waals surface area contributed by atoms with E-state index in [1.807, 2.05) is 41.3 Å². The molecule has 2 fully saturated rings. The molecule has 3 heterocycles. The zero-order valence-corrected chi connectivity index (χ0v) is 29.5. The molecule has 11 nitrogen and oxygen atoms in total. The van der Waals surface area contributed by atoms with E-state index in [9.17, 15) is 18.0 Å². The van der Waals surface area contributed by atoms with E-state index in [1.54, 1.807) is 6.07 Å². The monoisotopic (exact) mass is 737 g/mol. The van der Waals surface area contributed by atoms with Gasteiger partial charge in [-0.05, 0) is 33.7 Å². The molecule has 0 aliphatic carbocycles. The number of alkyl halides is 3. The second-order valence-corrected chi connectivity index (χ2v) is 11.9. The van der Waals surface area contributed by atoms with Crippen molar-refractivity contribution in [2.75, 3.05) is 60.7 Å². The van der Waals surface area contributed by atoms with Gasteiger partial charge < -0.3 is 19.1 Å². The van der Waals surface area contributed by atoms with Crippen molar-refractivity contribution >= 4 is 30.7 Å². The van der Waals surface area contributed by atoms with Crippen molar-refractivity contribution in [2.24, 2.45) is 0 Å². The minimum absolute atomic E-state index is 0. The average molecular weight is 739 g/mol. The first-order valence-corrected chi connectivity index (χ1v) is 15.7. The number of rotatable bonds is 10. The summed E-state index contributed by atoms with van der Waals surface area (Å²) in [6, 6.07) is 23.8. The van der Waals surface area contributed by atoms with Crippen LogP contribution in [0, 0.1) is 0 Å². The molecule has 2 unspecified atom stereocenters. The van der Waals surface area contributed by atoms with Crippen molar-refractivity contribution in [1.82, 2.24) is 34.9 Å². The van der Waals surface area contributed by atoms with E-state index in [-0.39, 0.29) is 66.8 Å². The van der Waals surface area contributed by atoms with Crippen molar-refractivity contribution in [3.05, 3.63) is 95.3 Å². The Balaban J connectivity index is 0.00000281. The highest BCUT2D eigenvalue weighted by molar-refractivity contribution is 5.85. The summed E-state index contributed by atoms with van der Waals surface area (Å²) in [7, 11) is 4.43. The molecule has 1 aromatic heterocycles. The van der Waals surface area contributed by atoms with E-state index in [2.05, 4.69) is 49.6 Å². The van der Waals surface area contributed by atoms with Crippen molar-refractivity contribution < 1.29 is 32.2 Å². The number of hydrogen-bond acceptors (Lipinski definition) is 9. The maximum Gasteiger partial charge on any atom is 0.453 e. The summed E-state index contributed by atoms with van der Waals surface area (Å²) in [6.07, 6.45) is -4.78. The van der Waals surface area contributed by atoms with Crippen LogP contribution in [0.5, 0.6) is 11.5 Å². The molecule has 0 spiro atoms. The lowest BCUT2D eigenvalue weighted by Gasteiger charge is -2.53. The minimum atomic E-state index is -4.78. The van der Waals surface area contributed by atoms with Crippen LogP contribution in [0.3, 0.4) is 0 Å². The smallest absolute Gasteiger partial charge is 0.453 e. The highest BCUT2D eigenvalue weighted by Gasteiger charge is 2.44. The van der Waals surface area contributed by atoms with Gasteiger partial charge in [-0.2, -0.15) is 17.9 Å². The molecule has 2 atom stereocenters. The molecule has 2 aliphatic rings. The van der Waals surface area contributed by atoms with Gasteiger partial charge in [0.1, 0.15) is 18.0 Å². The minimum Gasteiger partial charge on any atom is -0.496 e. The number of carbonyl (C=O) groups excluding carboxylic acids is 1. The number of benzene rings is 3. The number of aromatic nitrogens is 4. The lowest BCUT2D eigenvalue weighted by molar-refractivity contribution is -0.146. The molecule has 4 aromatic rings. The van der Waals surface area contributed by atoms with Crippen molar-refractivity contribution in [3.63, 3.8) is 0 Å². The number of fused-ring (bicyclic) bond motifs is 1. The van der Waals surface area contributed by atoms with Gasteiger partial charge in [0, 0.05) is 64.4 Å². The van der Waals surface area contributed by atoms with Gasteiger partial charge in [-0.25, -0.2) is 0 Å². The number of tetrazole rings is 1. The fourth-order valence-electron chi connectivity index (χ4n) is 7.12. The molecule has 0 N–H and O–H groups in total. The summed E-state index contributed by atoms with van der Waals surface area (Å²) in [5, 5.41) is 10.2. The van der Waals surface area contributed by atoms with Crippen LogP contribution >= 0.6 is 24.8 Å². The Labute approximate surface area is 301 Å². The van der Waals surface area contributed by atoms with E-state index in [4.69, 9.17) is 14.2 Å². The number of halogens is 5. The Bertz CT molecular complexity index is 1660. The quantitative estimate of drug-likeness (QED) is 0.229. The standard InChI is InChI=1S/C34H38F3N7O4.2ClH/c1-46-22-30(45)42-16-17-43-25(19-42)18-41(21-28(43)31(23-10-6-4-7-11-23)24-12-8-5-9-13-24)20-26-29(47-2)15-14-27(32(26)48-3)44-33(34(35,36)37)38-39-40-44;;/h4-15,25,28,31H,16-22H2,1-3H3;2*1H. The van der Waals surface area contributed by atoms with Crippen LogP contribution in [0.2, 0.25) is 0 Å². The van der Waals surface area contributed by atoms with Crippen LogP contribution in [-0.2, 0) is 22.3 Å². The SMILES string of the molecule is COCC(=O)N1CCN2C(CN(Cc3c(OC)ccc(-n4nnnc4C(F)(F)F)c3OC)CC2C(c2ccccc2)c2ccccc2)C1.Cl.Cl. The van der Waals surface area contributed by atoms with Crippen LogP contribution in [0.1, 0.15) is 28.4 Å². The molecule has 0 saturated carbocycles. The lowest BCUT2D eigenvalue weighted by Crippen LogP contribution is -2.67. The first-order chi connectivity index (χ1) is 23.2. The molecule has 6 rings (SSSR count). The third kappa shape index (κ3) is 8.00. The first-order valence-electron chi connectivity index (χ1n) is 15.7. The zero-order chi connectivity index (χ0) is 33.8. The number of hydrogen-bond donors (Lipinski definition) is 0. The van der Waals surface area contributed by atoms with Crippen LogP contribution in [0.25, 0.3) is 5.69 Å². The Kier molecular flexibility index (Phi) is 13.1. The number of piperazine rings is 2. The van der Waals surface area contributed by atoms with Gasteiger partial charge in [0.2, 0.25) is 5.91 Å². The summed E-state index contributed by atoms with van der Waals surface area (Å²) in [5.41, 5.74) is 2.94. The van der Waals surface area contributed by atoms with Crippen LogP contribution in [0.15, 0.2) is 72.8 Å². The maximum absolute atomic E-state index is 13.8. The highest BCUT2D eigenvalue weighted by atomic mass is 35.5. The first kappa shape index (κ1) is 38.8. The topological polar surface area (TPSA) is 98.1 Å². The maximum atomic E-state index is 13.8. The Morgan fingerprint density at radius 2 is 1.54 bits per heavy atom. The van der Waals surface area contributed by atoms with Gasteiger partial charge in [0.25, 0.3) is 5.82 Å². The summed E-state index contributed by atoms with van der Waals surface area (Å²) < 4.78 is 58.8. The van der Waals surface area contributed by atoms with Gasteiger partial charge in [-0.3, -0.25) is 14.6 Å². The molecular weight excluding hydrogens is 698 g/mol. The van der Waals surface area contributed by atoms with Crippen molar-refractivity contribution in [2.45, 2.75) is 30.7 Å². The van der Waals surface area contributed by atoms with E-state index in [1.165, 1.54) is 38.5 Å². The summed E-state index contributed by atoms with van der Waals surface area (Å²) in [4.78, 5) is 19.6. The number of nitrogens with zero attached hydrogens (tertiary/aromatic N) is 7. The van der Waals surface area contributed by atoms with Crippen LogP contribution in [-0.4, -0.2) is 114 Å². The molecule has 1 amide bonds. The van der Waals surface area contributed by atoms with E-state index >= 15 is 0 Å². The second kappa shape index (κ2) is 16.8. The summed E-state index contributed by atoms with van der Waals surface area (Å²) >= 11 is 0. The molecule has 270 valence electrons. The molecule has 2 aliphatic heterocycles. The van der Waals surface area contributed by atoms with Crippen LogP contribution < -0.4 is 9.47 Å². The molecule has 2 saturated heterocycles. The molecular formula is C34H40Cl2F3N7O4. The van der Waals surface area contributed by atoms with E-state index in [0.29, 0.717) is 55.3 Å². The van der Waals surface area contributed by atoms with Crippen LogP contribution in [0.4, 0.5) is 13.2 Å². The van der Waals surface area contributed by atoms with Gasteiger partial charge in [-0.1, -0.05) is 60.7 Å². The molecule has 50 heavy (non-hydrogen) atoms. The predicted molar refractivity (Wildman–Crippen MR) is 184 cm³/mol. The van der Waals surface area contributed by atoms with Gasteiger partial charge in [0.05, 0.1) is 19.8 Å². The Morgan fingerprint density at radius 1 is 0.880 bits per heavy atom. The third-order valence-electron chi connectivity index (χ3n) is 9.14. The molecule has 0 radical (unpaired) electrons. The summed E-state index contributed by atoms with van der Waals surface area (Å²) in [6.45, 7) is 3.32. The van der Waals surface area contributed by atoms with Crippen molar-refractivity contribution in [3.8, 4) is 17.2 Å². The number of carbonyl (C=O) groups is 1. The van der Waals surface area contributed by atoms with Gasteiger partial charge >= 0.3 is 6.18 Å². The second-order valence-electron chi connectivity index (χ2n) is 11.9. The lowest BCUT2D eigenvalue weighted by atomic mass is 9.81. The largest absolute Gasteiger partial charge is 0.496 e. The predicted octanol–water partition coefficient (Wildman–Crippen LogP) is 4.72. The average Bonchev–Trinajstić information content (AvgIpc) is 3.60.